The maximum atomic E-state index is 13.4. The highest BCUT2D eigenvalue weighted by Gasteiger charge is 2.17. The van der Waals surface area contributed by atoms with Gasteiger partial charge in [0.25, 0.3) is 0 Å². The molecule has 1 rings (SSSR count). The fraction of sp³-hybridized carbons (Fsp3) is 0.455. The van der Waals surface area contributed by atoms with Crippen LogP contribution in [0.25, 0.3) is 0 Å². The highest BCUT2D eigenvalue weighted by Crippen LogP contribution is 2.20. The quantitative estimate of drug-likeness (QED) is 0.390. The summed E-state index contributed by atoms with van der Waals surface area (Å²) in [5.41, 5.74) is 0.923. The first-order chi connectivity index (χ1) is 8.73. The molecule has 0 aromatic carbocycles. The van der Waals surface area contributed by atoms with E-state index in [9.17, 15) is 9.18 Å². The van der Waals surface area contributed by atoms with E-state index in [1.54, 1.807) is 26.3 Å². The summed E-state index contributed by atoms with van der Waals surface area (Å²) < 4.78 is 18.5. The van der Waals surface area contributed by atoms with E-state index in [1.165, 1.54) is 6.07 Å². The maximum absolute atomic E-state index is 13.4. The smallest absolute Gasteiger partial charge is 0.407 e. The molecule has 0 bridgehead atoms. The van der Waals surface area contributed by atoms with Crippen LogP contribution in [-0.4, -0.2) is 22.7 Å². The van der Waals surface area contributed by atoms with Crippen molar-refractivity contribution in [3.8, 4) is 0 Å². The van der Waals surface area contributed by atoms with E-state index in [0.29, 0.717) is 4.88 Å². The molecule has 0 fully saturated rings. The summed E-state index contributed by atoms with van der Waals surface area (Å²) >= 11 is 0.789. The van der Waals surface area contributed by atoms with Gasteiger partial charge < -0.3 is 10.1 Å². The van der Waals surface area contributed by atoms with Crippen molar-refractivity contribution in [2.24, 2.45) is 0 Å². The normalized spacial score (nSPS) is 11.0. The number of alkyl carbamates (subject to hydrolysis) is 1. The summed E-state index contributed by atoms with van der Waals surface area (Å²) in [6.45, 7) is 5.31. The Labute approximate surface area is 114 Å². The van der Waals surface area contributed by atoms with Crippen molar-refractivity contribution in [2.45, 2.75) is 32.9 Å². The molecule has 0 saturated carbocycles. The summed E-state index contributed by atoms with van der Waals surface area (Å²) in [5.74, 6) is -0.433. The van der Waals surface area contributed by atoms with E-state index in [-0.39, 0.29) is 12.1 Å². The zero-order chi connectivity index (χ0) is 14.6. The standard InChI is InChI=1S/C11H16FN3O3S/c1-11(2,3)18-10(16)14-5-6-4-7(8(12)19-6)9(13)15-17/h4,17H,5H2,1-3H3,(H2,13,15)(H,14,16). The first kappa shape index (κ1) is 15.4. The van der Waals surface area contributed by atoms with Crippen LogP contribution in [0, 0.1) is 10.5 Å². The summed E-state index contributed by atoms with van der Waals surface area (Å²) in [4.78, 5) is 11.9. The van der Waals surface area contributed by atoms with Crippen LogP contribution in [0.2, 0.25) is 0 Å². The van der Waals surface area contributed by atoms with E-state index in [0.717, 1.165) is 11.3 Å². The Balaban J connectivity index is 2.60. The lowest BCUT2D eigenvalue weighted by Gasteiger charge is -2.19. The highest BCUT2D eigenvalue weighted by atomic mass is 32.1. The SMILES string of the molecule is CC(C)(C)OC(=O)NCc1cc(C(=N)NO)c(F)s1. The molecule has 8 heteroatoms. The van der Waals surface area contributed by atoms with E-state index in [2.05, 4.69) is 5.32 Å². The highest BCUT2D eigenvalue weighted by molar-refractivity contribution is 7.10. The molecule has 1 aromatic heterocycles. The summed E-state index contributed by atoms with van der Waals surface area (Å²) in [7, 11) is 0. The number of carbonyl (C=O) groups excluding carboxylic acids is 1. The van der Waals surface area contributed by atoms with Gasteiger partial charge in [-0.2, -0.15) is 4.39 Å². The third-order valence-corrected chi connectivity index (χ3v) is 2.85. The average molecular weight is 289 g/mol. The molecule has 0 atom stereocenters. The molecule has 19 heavy (non-hydrogen) atoms. The number of amidine groups is 1. The van der Waals surface area contributed by atoms with Crippen LogP contribution in [0.4, 0.5) is 9.18 Å². The minimum Gasteiger partial charge on any atom is -0.444 e. The van der Waals surface area contributed by atoms with Crippen molar-refractivity contribution in [3.05, 3.63) is 21.6 Å². The van der Waals surface area contributed by atoms with Crippen molar-refractivity contribution < 1.29 is 19.1 Å². The Morgan fingerprint density at radius 2 is 2.21 bits per heavy atom. The monoisotopic (exact) mass is 289 g/mol. The molecule has 0 spiro atoms. The molecule has 0 unspecified atom stereocenters. The second-order valence-corrected chi connectivity index (χ2v) is 5.83. The molecule has 1 amide bonds. The summed E-state index contributed by atoms with van der Waals surface area (Å²) in [5, 5.41) is 17.7. The first-order valence-corrected chi connectivity index (χ1v) is 6.28. The molecule has 0 aliphatic heterocycles. The predicted octanol–water partition coefficient (Wildman–Crippen LogP) is 2.22. The molecule has 4 N–H and O–H groups in total. The van der Waals surface area contributed by atoms with Gasteiger partial charge in [0, 0.05) is 4.88 Å². The summed E-state index contributed by atoms with van der Waals surface area (Å²) in [6, 6.07) is 1.38. The van der Waals surface area contributed by atoms with Crippen LogP contribution in [0.3, 0.4) is 0 Å². The predicted molar refractivity (Wildman–Crippen MR) is 69.1 cm³/mol. The zero-order valence-corrected chi connectivity index (χ0v) is 11.7. The van der Waals surface area contributed by atoms with Crippen LogP contribution in [0.1, 0.15) is 31.2 Å². The Morgan fingerprint density at radius 1 is 1.58 bits per heavy atom. The minimum absolute atomic E-state index is 0.0477. The molecule has 6 nitrogen and oxygen atoms in total. The van der Waals surface area contributed by atoms with E-state index < -0.39 is 22.7 Å². The number of hydrogen-bond acceptors (Lipinski definition) is 5. The van der Waals surface area contributed by atoms with Gasteiger partial charge in [0.1, 0.15) is 5.60 Å². The molecule has 0 saturated heterocycles. The number of nitrogens with one attached hydrogen (secondary N) is 3. The van der Waals surface area contributed by atoms with Crippen LogP contribution < -0.4 is 10.8 Å². The molecular weight excluding hydrogens is 273 g/mol. The fourth-order valence-electron chi connectivity index (χ4n) is 1.21. The van der Waals surface area contributed by atoms with Crippen molar-refractivity contribution in [2.75, 3.05) is 0 Å². The van der Waals surface area contributed by atoms with Crippen molar-refractivity contribution in [3.63, 3.8) is 0 Å². The Bertz CT molecular complexity index is 482. The van der Waals surface area contributed by atoms with Crippen LogP contribution >= 0.6 is 11.3 Å². The zero-order valence-electron chi connectivity index (χ0n) is 10.8. The lowest BCUT2D eigenvalue weighted by atomic mass is 10.2. The van der Waals surface area contributed by atoms with Gasteiger partial charge in [-0.05, 0) is 26.8 Å². The molecule has 1 heterocycles. The van der Waals surface area contributed by atoms with Crippen LogP contribution in [0.15, 0.2) is 6.07 Å². The molecule has 106 valence electrons. The second kappa shape index (κ2) is 5.98. The van der Waals surface area contributed by atoms with Gasteiger partial charge in [-0.1, -0.05) is 0 Å². The third kappa shape index (κ3) is 4.84. The number of ether oxygens (including phenoxy) is 1. The number of rotatable bonds is 3. The molecule has 0 aliphatic rings. The fourth-order valence-corrected chi connectivity index (χ4v) is 2.03. The van der Waals surface area contributed by atoms with E-state index in [4.69, 9.17) is 15.4 Å². The van der Waals surface area contributed by atoms with Crippen LogP contribution in [0.5, 0.6) is 0 Å². The van der Waals surface area contributed by atoms with Gasteiger partial charge in [0.15, 0.2) is 11.0 Å². The Kier molecular flexibility index (Phi) is 4.84. The Morgan fingerprint density at radius 3 is 2.74 bits per heavy atom. The number of thiophene rings is 1. The maximum Gasteiger partial charge on any atom is 0.407 e. The third-order valence-electron chi connectivity index (χ3n) is 1.92. The van der Waals surface area contributed by atoms with Gasteiger partial charge >= 0.3 is 6.09 Å². The topological polar surface area (TPSA) is 94.4 Å². The number of amides is 1. The van der Waals surface area contributed by atoms with Gasteiger partial charge in [0.2, 0.25) is 0 Å². The van der Waals surface area contributed by atoms with Gasteiger partial charge in [-0.3, -0.25) is 16.1 Å². The largest absolute Gasteiger partial charge is 0.444 e. The lowest BCUT2D eigenvalue weighted by molar-refractivity contribution is 0.0524. The van der Waals surface area contributed by atoms with Gasteiger partial charge in [-0.25, -0.2) is 4.79 Å². The molecule has 1 aromatic rings. The van der Waals surface area contributed by atoms with Gasteiger partial charge in [-0.15, -0.1) is 11.3 Å². The minimum atomic E-state index is -0.604. The molecule has 0 radical (unpaired) electrons. The average Bonchev–Trinajstić information content (AvgIpc) is 2.65. The number of halogens is 1. The van der Waals surface area contributed by atoms with Crippen molar-refractivity contribution in [1.82, 2.24) is 10.8 Å². The van der Waals surface area contributed by atoms with Crippen molar-refractivity contribution in [1.29, 1.82) is 5.41 Å². The number of hydroxylamine groups is 1. The molecule has 0 aliphatic carbocycles. The van der Waals surface area contributed by atoms with E-state index in [1.807, 2.05) is 0 Å². The second-order valence-electron chi connectivity index (χ2n) is 4.74. The van der Waals surface area contributed by atoms with Gasteiger partial charge in [0.05, 0.1) is 12.1 Å². The number of carbonyl (C=O) groups is 1. The van der Waals surface area contributed by atoms with Crippen LogP contribution in [-0.2, 0) is 11.3 Å². The van der Waals surface area contributed by atoms with Crippen molar-refractivity contribution >= 4 is 23.3 Å². The van der Waals surface area contributed by atoms with E-state index >= 15 is 0 Å². The first-order valence-electron chi connectivity index (χ1n) is 5.47. The number of hydrogen-bond donors (Lipinski definition) is 4. The lowest BCUT2D eigenvalue weighted by Crippen LogP contribution is -2.31. The summed E-state index contributed by atoms with van der Waals surface area (Å²) in [6.07, 6.45) is -0.599. The molecular formula is C11H16FN3O3S. The Hall–Kier alpha value is -1.67.